The lowest BCUT2D eigenvalue weighted by molar-refractivity contribution is -0.151. The minimum Gasteiger partial charge on any atom is -0.462 e. The first-order chi connectivity index (χ1) is 27.5. The molecule has 0 saturated heterocycles. The quantitative estimate of drug-likeness (QED) is 0.0324. The average molecular weight is 790 g/mol. The van der Waals surface area contributed by atoms with Crippen LogP contribution in [0.5, 0.6) is 0 Å². The topological polar surface area (TPSA) is 95.9 Å². The summed E-state index contributed by atoms with van der Waals surface area (Å²) in [5.74, 6) is -0.471. The molecule has 3 atom stereocenters. The van der Waals surface area contributed by atoms with Crippen LogP contribution in [0.3, 0.4) is 0 Å². The van der Waals surface area contributed by atoms with E-state index in [9.17, 15) is 19.8 Å². The van der Waals surface area contributed by atoms with E-state index < -0.39 is 18.2 Å². The monoisotopic (exact) mass is 790 g/mol. The van der Waals surface area contributed by atoms with Crippen LogP contribution in [0.4, 0.5) is 0 Å². The van der Waals surface area contributed by atoms with Gasteiger partial charge in [0.05, 0.1) is 25.2 Å². The van der Waals surface area contributed by atoms with Gasteiger partial charge in [-0.25, -0.2) is 0 Å². The number of carbonyl (C=O) groups is 2. The summed E-state index contributed by atoms with van der Waals surface area (Å²) in [6, 6.07) is -0.694. The Labute approximate surface area is 348 Å². The molecule has 0 aliphatic heterocycles. The van der Waals surface area contributed by atoms with Crippen molar-refractivity contribution in [1.29, 1.82) is 0 Å². The van der Waals surface area contributed by atoms with Gasteiger partial charge in [-0.15, -0.1) is 0 Å². The number of esters is 1. The standard InChI is InChI=1S/C50H95NO5/c1-4-7-10-13-16-19-20-21-22-23-24-25-26-27-28-31-34-37-40-43-50(55)56-46(41-38-35-32-29-17-14-11-8-5-2)44-49(54)51-47(45-52)48(53)42-39-36-33-30-18-15-12-9-6-3/h16,19,21-22,46-48,52-53H,4-15,17-18,20,23-45H2,1-3H3,(H,51,54)/b19-16-,22-21-. The van der Waals surface area contributed by atoms with Crippen LogP contribution in [-0.4, -0.2) is 46.9 Å². The summed E-state index contributed by atoms with van der Waals surface area (Å²) >= 11 is 0. The summed E-state index contributed by atoms with van der Waals surface area (Å²) in [5.41, 5.74) is 0. The molecule has 56 heavy (non-hydrogen) atoms. The van der Waals surface area contributed by atoms with Crippen molar-refractivity contribution < 1.29 is 24.5 Å². The van der Waals surface area contributed by atoms with E-state index in [4.69, 9.17) is 4.74 Å². The number of allylic oxidation sites excluding steroid dienone is 4. The first kappa shape index (κ1) is 54.3. The Balaban J connectivity index is 4.41. The first-order valence-corrected chi connectivity index (χ1v) is 24.6. The van der Waals surface area contributed by atoms with Gasteiger partial charge in [0.15, 0.2) is 0 Å². The maximum absolute atomic E-state index is 13.1. The molecule has 0 fully saturated rings. The number of aliphatic hydroxyl groups is 2. The van der Waals surface area contributed by atoms with Gasteiger partial charge in [0, 0.05) is 6.42 Å². The second-order valence-electron chi connectivity index (χ2n) is 16.9. The van der Waals surface area contributed by atoms with E-state index in [2.05, 4.69) is 50.4 Å². The van der Waals surface area contributed by atoms with Crippen LogP contribution in [-0.2, 0) is 14.3 Å². The number of amides is 1. The maximum atomic E-state index is 13.1. The van der Waals surface area contributed by atoms with Crippen molar-refractivity contribution in [3.8, 4) is 0 Å². The van der Waals surface area contributed by atoms with E-state index in [-0.39, 0.29) is 24.9 Å². The molecule has 6 heteroatoms. The second-order valence-corrected chi connectivity index (χ2v) is 16.9. The van der Waals surface area contributed by atoms with Gasteiger partial charge in [0.1, 0.15) is 6.10 Å². The van der Waals surface area contributed by atoms with Gasteiger partial charge >= 0.3 is 5.97 Å². The Bertz CT molecular complexity index is 889. The fraction of sp³-hybridized carbons (Fsp3) is 0.880. The van der Waals surface area contributed by atoms with E-state index in [1.54, 1.807) is 0 Å². The Morgan fingerprint density at radius 2 is 0.911 bits per heavy atom. The van der Waals surface area contributed by atoms with Gasteiger partial charge in [-0.2, -0.15) is 0 Å². The lowest BCUT2D eigenvalue weighted by Gasteiger charge is -2.24. The molecule has 0 aromatic rings. The van der Waals surface area contributed by atoms with E-state index >= 15 is 0 Å². The Kier molecular flexibility index (Phi) is 43.1. The molecule has 0 aromatic carbocycles. The van der Waals surface area contributed by atoms with Crippen LogP contribution in [0.25, 0.3) is 0 Å². The first-order valence-electron chi connectivity index (χ1n) is 24.6. The molecule has 0 aliphatic carbocycles. The minimum atomic E-state index is -0.781. The largest absolute Gasteiger partial charge is 0.462 e. The maximum Gasteiger partial charge on any atom is 0.306 e. The van der Waals surface area contributed by atoms with Gasteiger partial charge in [-0.1, -0.05) is 212 Å². The summed E-state index contributed by atoms with van der Waals surface area (Å²) in [6.07, 6.45) is 49.6. The van der Waals surface area contributed by atoms with E-state index in [0.29, 0.717) is 19.3 Å². The van der Waals surface area contributed by atoms with Crippen LogP contribution in [0.1, 0.15) is 258 Å². The molecule has 330 valence electrons. The van der Waals surface area contributed by atoms with Gasteiger partial charge in [0.25, 0.3) is 0 Å². The molecule has 0 rings (SSSR count). The SMILES string of the molecule is CCCCC/C=C\C/C=C\CCCCCCCCCCCC(=O)OC(CCCCCCCCCCC)CC(=O)NC(CO)C(O)CCCCCCCCCCC. The Hall–Kier alpha value is -1.66. The van der Waals surface area contributed by atoms with Gasteiger partial charge in [0.2, 0.25) is 5.91 Å². The Morgan fingerprint density at radius 3 is 1.39 bits per heavy atom. The highest BCUT2D eigenvalue weighted by Gasteiger charge is 2.24. The number of hydrogen-bond donors (Lipinski definition) is 3. The van der Waals surface area contributed by atoms with Gasteiger partial charge < -0.3 is 20.3 Å². The average Bonchev–Trinajstić information content (AvgIpc) is 3.19. The summed E-state index contributed by atoms with van der Waals surface area (Å²) in [5, 5.41) is 23.6. The van der Waals surface area contributed by atoms with Crippen molar-refractivity contribution in [2.75, 3.05) is 6.61 Å². The lowest BCUT2D eigenvalue weighted by atomic mass is 10.0. The third-order valence-electron chi connectivity index (χ3n) is 11.3. The van der Waals surface area contributed by atoms with Crippen molar-refractivity contribution in [3.05, 3.63) is 24.3 Å². The lowest BCUT2D eigenvalue weighted by Crippen LogP contribution is -2.46. The van der Waals surface area contributed by atoms with Crippen molar-refractivity contribution in [2.45, 2.75) is 277 Å². The fourth-order valence-corrected chi connectivity index (χ4v) is 7.52. The summed E-state index contributed by atoms with van der Waals surface area (Å²) in [4.78, 5) is 26.0. The van der Waals surface area contributed by atoms with Crippen LogP contribution in [0.15, 0.2) is 24.3 Å². The van der Waals surface area contributed by atoms with Crippen LogP contribution < -0.4 is 5.32 Å². The number of rotatable bonds is 44. The molecule has 0 bridgehead atoms. The van der Waals surface area contributed by atoms with Crippen LogP contribution in [0, 0.1) is 0 Å². The van der Waals surface area contributed by atoms with Crippen LogP contribution in [0.2, 0.25) is 0 Å². The normalized spacial score (nSPS) is 13.4. The summed E-state index contributed by atoms with van der Waals surface area (Å²) in [6.45, 7) is 6.43. The molecule has 0 aromatic heterocycles. The predicted octanol–water partition coefficient (Wildman–Crippen LogP) is 14.3. The molecule has 0 radical (unpaired) electrons. The highest BCUT2D eigenvalue weighted by molar-refractivity contribution is 5.77. The number of unbranched alkanes of at least 4 members (excludes halogenated alkanes) is 28. The molecular weight excluding hydrogens is 695 g/mol. The molecular formula is C50H95NO5. The number of hydrogen-bond acceptors (Lipinski definition) is 5. The van der Waals surface area contributed by atoms with E-state index in [1.807, 2.05) is 0 Å². The minimum absolute atomic E-state index is 0.0802. The van der Waals surface area contributed by atoms with Crippen molar-refractivity contribution in [2.24, 2.45) is 0 Å². The molecule has 0 heterocycles. The summed E-state index contributed by atoms with van der Waals surface area (Å²) < 4.78 is 5.91. The molecule has 1 amide bonds. The number of ether oxygens (including phenoxy) is 1. The van der Waals surface area contributed by atoms with Crippen molar-refractivity contribution >= 4 is 11.9 Å². The third-order valence-corrected chi connectivity index (χ3v) is 11.3. The molecule has 3 unspecified atom stereocenters. The van der Waals surface area contributed by atoms with Gasteiger partial charge in [-0.3, -0.25) is 9.59 Å². The zero-order valence-electron chi connectivity index (χ0n) is 37.5. The molecule has 0 saturated carbocycles. The zero-order chi connectivity index (χ0) is 41.0. The van der Waals surface area contributed by atoms with Crippen LogP contribution >= 0.6 is 0 Å². The highest BCUT2D eigenvalue weighted by Crippen LogP contribution is 2.18. The van der Waals surface area contributed by atoms with Gasteiger partial charge in [-0.05, 0) is 57.8 Å². The number of nitrogens with one attached hydrogen (secondary N) is 1. The summed E-state index contributed by atoms with van der Waals surface area (Å²) in [7, 11) is 0. The zero-order valence-corrected chi connectivity index (χ0v) is 37.5. The smallest absolute Gasteiger partial charge is 0.306 e. The second kappa shape index (κ2) is 44.4. The van der Waals surface area contributed by atoms with E-state index in [0.717, 1.165) is 57.8 Å². The Morgan fingerprint density at radius 1 is 0.518 bits per heavy atom. The molecule has 3 N–H and O–H groups in total. The third kappa shape index (κ3) is 39.2. The van der Waals surface area contributed by atoms with E-state index in [1.165, 1.54) is 154 Å². The fourth-order valence-electron chi connectivity index (χ4n) is 7.52. The number of aliphatic hydroxyl groups excluding tert-OH is 2. The molecule has 0 spiro atoms. The van der Waals surface area contributed by atoms with Crippen molar-refractivity contribution in [3.63, 3.8) is 0 Å². The molecule has 0 aliphatic rings. The predicted molar refractivity (Wildman–Crippen MR) is 241 cm³/mol. The highest BCUT2D eigenvalue weighted by atomic mass is 16.5. The molecule has 6 nitrogen and oxygen atoms in total. The number of carbonyl (C=O) groups excluding carboxylic acids is 2. The van der Waals surface area contributed by atoms with Crippen molar-refractivity contribution in [1.82, 2.24) is 5.32 Å².